The lowest BCUT2D eigenvalue weighted by atomic mass is 10.1. The summed E-state index contributed by atoms with van der Waals surface area (Å²) >= 11 is 1.40. The van der Waals surface area contributed by atoms with E-state index in [9.17, 15) is 9.59 Å². The molecule has 0 spiro atoms. The summed E-state index contributed by atoms with van der Waals surface area (Å²) in [6.07, 6.45) is 0. The Bertz CT molecular complexity index is 1130. The molecule has 4 rings (SSSR count). The molecule has 2 heterocycles. The molecular weight excluding hydrogens is 424 g/mol. The number of fused-ring (bicyclic) bond motifs is 1. The fourth-order valence-corrected chi connectivity index (χ4v) is 4.53. The number of thioether (sulfide) groups is 1. The number of hydrogen-bond donors (Lipinski definition) is 1. The normalized spacial score (nSPS) is 15.4. The van der Waals surface area contributed by atoms with Crippen LogP contribution in [0, 0.1) is 0 Å². The predicted molar refractivity (Wildman–Crippen MR) is 126 cm³/mol. The molecular formula is C24H26N4O3S. The molecule has 1 aliphatic heterocycles. The van der Waals surface area contributed by atoms with Gasteiger partial charge in [0.2, 0.25) is 5.91 Å². The third-order valence-electron chi connectivity index (χ3n) is 5.31. The number of benzene rings is 2. The lowest BCUT2D eigenvalue weighted by Gasteiger charge is -2.26. The molecule has 8 heteroatoms. The number of para-hydroxylation sites is 2. The van der Waals surface area contributed by atoms with Gasteiger partial charge in [0.15, 0.2) is 5.78 Å². The number of amides is 1. The predicted octanol–water partition coefficient (Wildman–Crippen LogP) is 3.78. The van der Waals surface area contributed by atoms with Crippen molar-refractivity contribution in [3.63, 3.8) is 0 Å². The van der Waals surface area contributed by atoms with Crippen molar-refractivity contribution in [2.45, 2.75) is 30.7 Å². The summed E-state index contributed by atoms with van der Waals surface area (Å²) in [5.74, 6) is 0.472. The minimum Gasteiger partial charge on any atom is -0.379 e. The van der Waals surface area contributed by atoms with Crippen LogP contribution < -0.4 is 5.32 Å². The number of carbonyl (C=O) groups is 2. The average molecular weight is 451 g/mol. The van der Waals surface area contributed by atoms with Crippen LogP contribution >= 0.6 is 11.8 Å². The molecule has 0 radical (unpaired) electrons. The second kappa shape index (κ2) is 10.2. The van der Waals surface area contributed by atoms with E-state index in [0.717, 1.165) is 34.8 Å². The summed E-state index contributed by atoms with van der Waals surface area (Å²) in [6, 6.07) is 14.9. The van der Waals surface area contributed by atoms with Gasteiger partial charge in [-0.1, -0.05) is 42.1 Å². The van der Waals surface area contributed by atoms with Gasteiger partial charge >= 0.3 is 0 Å². The van der Waals surface area contributed by atoms with Crippen LogP contribution in [0.5, 0.6) is 0 Å². The maximum atomic E-state index is 12.9. The van der Waals surface area contributed by atoms with Crippen LogP contribution in [0.2, 0.25) is 0 Å². The Hall–Kier alpha value is -2.81. The Labute approximate surface area is 191 Å². The van der Waals surface area contributed by atoms with Crippen LogP contribution in [-0.2, 0) is 16.1 Å². The molecule has 1 saturated heterocycles. The summed E-state index contributed by atoms with van der Waals surface area (Å²) in [7, 11) is 0. The minimum atomic E-state index is -0.412. The number of aromatic nitrogens is 2. The van der Waals surface area contributed by atoms with E-state index in [2.05, 4.69) is 10.2 Å². The highest BCUT2D eigenvalue weighted by Gasteiger charge is 2.20. The summed E-state index contributed by atoms with van der Waals surface area (Å²) in [6.45, 7) is 7.12. The SMILES string of the molecule is CC(=O)c1ccccc1NC(=O)[C@H](C)Sc1nc(CN2CCOCC2)nc2ccccc12. The van der Waals surface area contributed by atoms with E-state index >= 15 is 0 Å². The van der Waals surface area contributed by atoms with Crippen LogP contribution in [0.25, 0.3) is 10.9 Å². The molecule has 1 aromatic heterocycles. The second-order valence-corrected chi connectivity index (χ2v) is 9.03. The summed E-state index contributed by atoms with van der Waals surface area (Å²) in [5, 5.41) is 4.18. The molecule has 166 valence electrons. The molecule has 1 atom stereocenters. The van der Waals surface area contributed by atoms with Gasteiger partial charge in [-0.2, -0.15) is 0 Å². The van der Waals surface area contributed by atoms with Crippen LogP contribution in [0.3, 0.4) is 0 Å². The largest absolute Gasteiger partial charge is 0.379 e. The first-order valence-electron chi connectivity index (χ1n) is 10.6. The van der Waals surface area contributed by atoms with Gasteiger partial charge in [-0.15, -0.1) is 0 Å². The van der Waals surface area contributed by atoms with Gasteiger partial charge in [0.25, 0.3) is 0 Å². The quantitative estimate of drug-likeness (QED) is 0.333. The monoisotopic (exact) mass is 450 g/mol. The maximum Gasteiger partial charge on any atom is 0.237 e. The molecule has 1 fully saturated rings. The Balaban J connectivity index is 1.54. The van der Waals surface area contributed by atoms with Gasteiger partial charge in [0, 0.05) is 24.0 Å². The van der Waals surface area contributed by atoms with E-state index in [1.54, 1.807) is 24.3 Å². The van der Waals surface area contributed by atoms with Gasteiger partial charge in [0.1, 0.15) is 10.9 Å². The molecule has 0 saturated carbocycles. The first-order chi connectivity index (χ1) is 15.5. The van der Waals surface area contributed by atoms with Crippen molar-refractivity contribution in [3.05, 3.63) is 59.9 Å². The topological polar surface area (TPSA) is 84.4 Å². The van der Waals surface area contributed by atoms with Crippen molar-refractivity contribution < 1.29 is 14.3 Å². The molecule has 2 aromatic carbocycles. The standard InChI is InChI=1S/C24H26N4O3S/c1-16(29)18-7-3-5-9-20(18)26-23(30)17(2)32-24-19-8-4-6-10-21(19)25-22(27-24)15-28-11-13-31-14-12-28/h3-10,17H,11-15H2,1-2H3,(H,26,30)/t17-/m0/s1. The van der Waals surface area contributed by atoms with Gasteiger partial charge < -0.3 is 10.1 Å². The molecule has 0 aliphatic carbocycles. The van der Waals surface area contributed by atoms with E-state index in [4.69, 9.17) is 14.7 Å². The summed E-state index contributed by atoms with van der Waals surface area (Å²) in [4.78, 5) is 36.6. The Kier molecular flexibility index (Phi) is 7.14. The first-order valence-corrected chi connectivity index (χ1v) is 11.5. The highest BCUT2D eigenvalue weighted by molar-refractivity contribution is 8.00. The van der Waals surface area contributed by atoms with Crippen molar-refractivity contribution >= 4 is 40.0 Å². The van der Waals surface area contributed by atoms with Gasteiger partial charge in [0.05, 0.1) is 36.2 Å². The number of ether oxygens (including phenoxy) is 1. The number of rotatable bonds is 7. The number of hydrogen-bond acceptors (Lipinski definition) is 7. The van der Waals surface area contributed by atoms with Crippen molar-refractivity contribution in [1.82, 2.24) is 14.9 Å². The van der Waals surface area contributed by atoms with E-state index in [1.165, 1.54) is 18.7 Å². The fourth-order valence-electron chi connectivity index (χ4n) is 3.57. The number of nitrogens with zero attached hydrogens (tertiary/aromatic N) is 3. The lowest BCUT2D eigenvalue weighted by Crippen LogP contribution is -2.36. The van der Waals surface area contributed by atoms with Gasteiger partial charge in [-0.3, -0.25) is 14.5 Å². The van der Waals surface area contributed by atoms with Crippen molar-refractivity contribution in [2.75, 3.05) is 31.6 Å². The summed E-state index contributed by atoms with van der Waals surface area (Å²) in [5.41, 5.74) is 1.89. The van der Waals surface area contributed by atoms with E-state index < -0.39 is 5.25 Å². The van der Waals surface area contributed by atoms with Crippen molar-refractivity contribution in [2.24, 2.45) is 0 Å². The number of anilines is 1. The van der Waals surface area contributed by atoms with E-state index in [1.807, 2.05) is 31.2 Å². The number of carbonyl (C=O) groups excluding carboxylic acids is 2. The Morgan fingerprint density at radius 2 is 1.81 bits per heavy atom. The molecule has 0 unspecified atom stereocenters. The average Bonchev–Trinajstić information content (AvgIpc) is 2.80. The van der Waals surface area contributed by atoms with E-state index in [0.29, 0.717) is 31.0 Å². The smallest absolute Gasteiger partial charge is 0.237 e. The molecule has 0 bridgehead atoms. The zero-order chi connectivity index (χ0) is 22.5. The molecule has 32 heavy (non-hydrogen) atoms. The van der Waals surface area contributed by atoms with Crippen LogP contribution in [-0.4, -0.2) is 58.1 Å². The molecule has 1 N–H and O–H groups in total. The highest BCUT2D eigenvalue weighted by Crippen LogP contribution is 2.30. The third kappa shape index (κ3) is 5.32. The zero-order valence-electron chi connectivity index (χ0n) is 18.2. The summed E-state index contributed by atoms with van der Waals surface area (Å²) < 4.78 is 5.43. The third-order valence-corrected chi connectivity index (χ3v) is 6.41. The van der Waals surface area contributed by atoms with E-state index in [-0.39, 0.29) is 11.7 Å². The number of ketones is 1. The molecule has 1 aliphatic rings. The molecule has 3 aromatic rings. The van der Waals surface area contributed by atoms with Crippen LogP contribution in [0.4, 0.5) is 5.69 Å². The number of Topliss-reactive ketones (excluding diaryl/α,β-unsaturated/α-hetero) is 1. The first kappa shape index (κ1) is 22.4. The molecule has 1 amide bonds. The minimum absolute atomic E-state index is 0.0873. The van der Waals surface area contributed by atoms with Crippen molar-refractivity contribution in [1.29, 1.82) is 0 Å². The maximum absolute atomic E-state index is 12.9. The Morgan fingerprint density at radius 1 is 1.09 bits per heavy atom. The number of nitrogens with one attached hydrogen (secondary N) is 1. The fraction of sp³-hybridized carbons (Fsp3) is 0.333. The zero-order valence-corrected chi connectivity index (χ0v) is 19.0. The van der Waals surface area contributed by atoms with Crippen molar-refractivity contribution in [3.8, 4) is 0 Å². The van der Waals surface area contributed by atoms with Crippen LogP contribution in [0.15, 0.2) is 53.6 Å². The molecule has 7 nitrogen and oxygen atoms in total. The number of morpholine rings is 1. The second-order valence-electron chi connectivity index (χ2n) is 7.70. The van der Waals surface area contributed by atoms with Gasteiger partial charge in [-0.05, 0) is 32.0 Å². The van der Waals surface area contributed by atoms with Crippen LogP contribution in [0.1, 0.15) is 30.0 Å². The lowest BCUT2D eigenvalue weighted by molar-refractivity contribution is -0.115. The highest BCUT2D eigenvalue weighted by atomic mass is 32.2. The van der Waals surface area contributed by atoms with Gasteiger partial charge in [-0.25, -0.2) is 9.97 Å². The Morgan fingerprint density at radius 3 is 2.59 bits per heavy atom.